The Labute approximate surface area is 426 Å². The summed E-state index contributed by atoms with van der Waals surface area (Å²) in [6.07, 6.45) is -1.42. The van der Waals surface area contributed by atoms with Gasteiger partial charge in [-0.25, -0.2) is 4.79 Å². The number of carbonyl (C=O) groups excluding carboxylic acids is 1. The fraction of sp³-hybridized carbons (Fsp3) is 0.141. The van der Waals surface area contributed by atoms with Crippen LogP contribution in [0.25, 0.3) is 0 Å². The second kappa shape index (κ2) is 23.8. The van der Waals surface area contributed by atoms with E-state index in [0.717, 1.165) is 38.9 Å². The molecule has 1 aliphatic rings. The van der Waals surface area contributed by atoms with Crippen molar-refractivity contribution in [1.82, 2.24) is 0 Å². The lowest BCUT2D eigenvalue weighted by atomic mass is 9.93. The lowest BCUT2D eigenvalue weighted by Crippen LogP contribution is -2.35. The average molecular weight is 967 g/mol. The molecule has 0 unspecified atom stereocenters. The van der Waals surface area contributed by atoms with E-state index in [1.165, 1.54) is 0 Å². The molecule has 0 fully saturated rings. The standard InChI is InChI=1S/C64H54O9/c65-64(53-32-34-57(68-42-48-23-11-3-12-24-48)61(36-53)71-45-51-29-17-6-18-30-51)73-62-39-55-58(69-43-49-25-13-4-14-26-49)37-54(66-40-46-19-7-1-8-20-46)38-59(55)72-63(62)52-31-33-56(67-41-47-21-9-2-10-22-47)60(35-52)70-44-50-27-15-5-16-28-50/h1-38,62-63H,39-45H2/t62-,63+/m0/s1. The molecule has 0 saturated carbocycles. The van der Waals surface area contributed by atoms with Crippen LogP contribution >= 0.6 is 0 Å². The van der Waals surface area contributed by atoms with Crippen LogP contribution in [0.2, 0.25) is 0 Å². The third-order valence-electron chi connectivity index (χ3n) is 12.3. The van der Waals surface area contributed by atoms with E-state index in [1.807, 2.05) is 212 Å². The fourth-order valence-corrected chi connectivity index (χ4v) is 8.45. The molecule has 0 bridgehead atoms. The summed E-state index contributed by atoms with van der Waals surface area (Å²) in [6, 6.07) is 74.2. The van der Waals surface area contributed by atoms with E-state index in [-0.39, 0.29) is 18.6 Å². The molecule has 0 saturated heterocycles. The van der Waals surface area contributed by atoms with Crippen LogP contribution in [-0.4, -0.2) is 12.1 Å². The summed E-state index contributed by atoms with van der Waals surface area (Å²) < 4.78 is 52.4. The molecule has 0 radical (unpaired) electrons. The summed E-state index contributed by atoms with van der Waals surface area (Å²) in [6.45, 7) is 1.83. The third-order valence-corrected chi connectivity index (χ3v) is 12.3. The van der Waals surface area contributed by atoms with E-state index in [4.69, 9.17) is 37.9 Å². The van der Waals surface area contributed by atoms with Crippen molar-refractivity contribution in [2.45, 2.75) is 58.3 Å². The van der Waals surface area contributed by atoms with E-state index >= 15 is 0 Å². The molecular weight excluding hydrogens is 913 g/mol. The van der Waals surface area contributed by atoms with Gasteiger partial charge in [0.1, 0.15) is 63.0 Å². The predicted molar refractivity (Wildman–Crippen MR) is 280 cm³/mol. The number of carbonyl (C=O) groups is 1. The number of benzene rings is 9. The van der Waals surface area contributed by atoms with Crippen LogP contribution in [0.1, 0.15) is 61.0 Å². The normalized spacial score (nSPS) is 13.6. The molecule has 0 spiro atoms. The zero-order valence-electron chi connectivity index (χ0n) is 40.2. The lowest BCUT2D eigenvalue weighted by Gasteiger charge is -2.35. The Bertz CT molecular complexity index is 3170. The Morgan fingerprint density at radius 2 is 0.767 bits per heavy atom. The smallest absolute Gasteiger partial charge is 0.338 e. The molecule has 0 aliphatic carbocycles. The first-order valence-electron chi connectivity index (χ1n) is 24.4. The lowest BCUT2D eigenvalue weighted by molar-refractivity contribution is -0.0190. The van der Waals surface area contributed by atoms with Crippen molar-refractivity contribution in [1.29, 1.82) is 0 Å². The van der Waals surface area contributed by atoms with E-state index in [1.54, 1.807) is 18.2 Å². The predicted octanol–water partition coefficient (Wildman–Crippen LogP) is 14.1. The van der Waals surface area contributed by atoms with Gasteiger partial charge in [0.2, 0.25) is 0 Å². The maximum absolute atomic E-state index is 14.7. The number of rotatable bonds is 21. The summed E-state index contributed by atoms with van der Waals surface area (Å²) in [5, 5.41) is 0. The van der Waals surface area contributed by atoms with Gasteiger partial charge in [-0.05, 0) is 63.7 Å². The van der Waals surface area contributed by atoms with Gasteiger partial charge in [-0.1, -0.05) is 188 Å². The second-order valence-corrected chi connectivity index (χ2v) is 17.6. The Morgan fingerprint density at radius 3 is 1.22 bits per heavy atom. The van der Waals surface area contributed by atoms with Crippen LogP contribution in [0.3, 0.4) is 0 Å². The van der Waals surface area contributed by atoms with E-state index in [2.05, 4.69) is 0 Å². The number of esters is 1. The van der Waals surface area contributed by atoms with Crippen molar-refractivity contribution in [3.05, 3.63) is 281 Å². The molecule has 9 aromatic carbocycles. The Balaban J connectivity index is 1.00. The van der Waals surface area contributed by atoms with Gasteiger partial charge in [-0.3, -0.25) is 0 Å². The largest absolute Gasteiger partial charge is 0.489 e. The highest BCUT2D eigenvalue weighted by Gasteiger charge is 2.38. The average Bonchev–Trinajstić information content (AvgIpc) is 3.45. The van der Waals surface area contributed by atoms with Gasteiger partial charge in [0.05, 0.1) is 5.56 Å². The van der Waals surface area contributed by atoms with Crippen molar-refractivity contribution < 1.29 is 42.7 Å². The number of hydrogen-bond acceptors (Lipinski definition) is 9. The van der Waals surface area contributed by atoms with Crippen LogP contribution < -0.4 is 33.2 Å². The summed E-state index contributed by atoms with van der Waals surface area (Å²) in [5.41, 5.74) is 7.69. The van der Waals surface area contributed by atoms with Crippen molar-refractivity contribution in [2.75, 3.05) is 0 Å². The number of hydrogen-bond donors (Lipinski definition) is 0. The summed E-state index contributed by atoms with van der Waals surface area (Å²) in [4.78, 5) is 14.7. The van der Waals surface area contributed by atoms with Crippen molar-refractivity contribution in [2.24, 2.45) is 0 Å². The summed E-state index contributed by atoms with van der Waals surface area (Å²) >= 11 is 0. The minimum absolute atomic E-state index is 0.247. The topological polar surface area (TPSA) is 90.9 Å². The van der Waals surface area contributed by atoms with E-state index in [0.29, 0.717) is 78.8 Å². The molecule has 9 nitrogen and oxygen atoms in total. The van der Waals surface area contributed by atoms with E-state index in [9.17, 15) is 4.79 Å². The van der Waals surface area contributed by atoms with Gasteiger partial charge in [-0.2, -0.15) is 0 Å². The Morgan fingerprint density at radius 1 is 0.384 bits per heavy atom. The first kappa shape index (κ1) is 47.7. The zero-order valence-corrected chi connectivity index (χ0v) is 40.2. The van der Waals surface area contributed by atoms with Crippen molar-refractivity contribution in [3.63, 3.8) is 0 Å². The van der Waals surface area contributed by atoms with Gasteiger partial charge in [-0.15, -0.1) is 0 Å². The zero-order chi connectivity index (χ0) is 49.4. The summed E-state index contributed by atoms with van der Waals surface area (Å²) in [7, 11) is 0. The van der Waals surface area contributed by atoms with Gasteiger partial charge < -0.3 is 37.9 Å². The third kappa shape index (κ3) is 12.9. The van der Waals surface area contributed by atoms with Gasteiger partial charge in [0.15, 0.2) is 29.1 Å². The molecule has 1 aliphatic heterocycles. The molecule has 364 valence electrons. The van der Waals surface area contributed by atoms with Crippen LogP contribution in [0.5, 0.6) is 40.2 Å². The minimum atomic E-state index is -0.851. The molecule has 73 heavy (non-hydrogen) atoms. The van der Waals surface area contributed by atoms with Gasteiger partial charge in [0, 0.05) is 29.7 Å². The fourth-order valence-electron chi connectivity index (χ4n) is 8.45. The molecule has 1 heterocycles. The molecular formula is C64H54O9. The van der Waals surface area contributed by atoms with Crippen LogP contribution in [0, 0.1) is 0 Å². The van der Waals surface area contributed by atoms with Gasteiger partial charge >= 0.3 is 5.97 Å². The highest BCUT2D eigenvalue weighted by molar-refractivity contribution is 5.90. The maximum atomic E-state index is 14.7. The first-order valence-corrected chi connectivity index (χ1v) is 24.4. The molecule has 2 atom stereocenters. The first-order chi connectivity index (χ1) is 36.1. The van der Waals surface area contributed by atoms with Crippen LogP contribution in [-0.2, 0) is 50.8 Å². The number of fused-ring (bicyclic) bond motifs is 1. The SMILES string of the molecule is O=C(O[C@H]1Cc2c(OCc3ccccc3)cc(OCc3ccccc3)cc2O[C@@H]1c1ccc(OCc2ccccc2)c(OCc2ccccc2)c1)c1ccc(OCc2ccccc2)c(OCc2ccccc2)c1. The Hall–Kier alpha value is -8.95. The van der Waals surface area contributed by atoms with Crippen molar-refractivity contribution >= 4 is 5.97 Å². The molecule has 0 aromatic heterocycles. The molecule has 9 heteroatoms. The summed E-state index contributed by atoms with van der Waals surface area (Å²) in [5.74, 6) is 3.05. The monoisotopic (exact) mass is 966 g/mol. The highest BCUT2D eigenvalue weighted by Crippen LogP contribution is 2.46. The molecule has 0 N–H and O–H groups in total. The maximum Gasteiger partial charge on any atom is 0.338 e. The number of ether oxygens (including phenoxy) is 8. The van der Waals surface area contributed by atoms with Crippen LogP contribution in [0.4, 0.5) is 0 Å². The van der Waals surface area contributed by atoms with Crippen molar-refractivity contribution in [3.8, 4) is 40.2 Å². The van der Waals surface area contributed by atoms with E-state index < -0.39 is 18.2 Å². The highest BCUT2D eigenvalue weighted by atomic mass is 16.6. The molecule has 0 amide bonds. The second-order valence-electron chi connectivity index (χ2n) is 17.6. The van der Waals surface area contributed by atoms with Crippen LogP contribution in [0.15, 0.2) is 231 Å². The molecule has 9 aromatic rings. The minimum Gasteiger partial charge on any atom is -0.489 e. The Kier molecular flexibility index (Phi) is 15.5. The molecule has 10 rings (SSSR count). The van der Waals surface area contributed by atoms with Gasteiger partial charge in [0.25, 0.3) is 0 Å². The quantitative estimate of drug-likeness (QED) is 0.0653.